The second kappa shape index (κ2) is 8.22. The van der Waals surface area contributed by atoms with Crippen molar-refractivity contribution in [2.75, 3.05) is 48.8 Å². The lowest BCUT2D eigenvalue weighted by Crippen LogP contribution is -2.51. The average molecular weight is 411 g/mol. The molecule has 30 heavy (non-hydrogen) atoms. The van der Waals surface area contributed by atoms with Crippen LogP contribution in [0.25, 0.3) is 0 Å². The minimum Gasteiger partial charge on any atom is -0.373 e. The molecular weight excluding hydrogens is 385 g/mol. The SMILES string of the molecule is CNC(=O)N1CCN(c2cccc(NC(=O)C3Cc4c(F)ccc(C)c4N3)c2)CC1. The van der Waals surface area contributed by atoms with E-state index in [2.05, 4.69) is 20.9 Å². The first kappa shape index (κ1) is 20.0. The van der Waals surface area contributed by atoms with Gasteiger partial charge in [-0.2, -0.15) is 0 Å². The molecule has 7 nitrogen and oxygen atoms in total. The average Bonchev–Trinajstić information content (AvgIpc) is 3.23. The maximum Gasteiger partial charge on any atom is 0.317 e. The fraction of sp³-hybridized carbons (Fsp3) is 0.364. The van der Waals surface area contributed by atoms with Gasteiger partial charge in [0.05, 0.1) is 0 Å². The predicted octanol–water partition coefficient (Wildman–Crippen LogP) is 2.57. The standard InChI is InChI=1S/C22H26FN5O2/c1-14-6-7-18(23)17-13-19(26-20(14)17)21(29)25-15-4-3-5-16(12-15)27-8-10-28(11-9-27)22(30)24-2/h3-7,12,19,26H,8-11,13H2,1-2H3,(H,24,30)(H,25,29). The molecule has 3 amide bonds. The monoisotopic (exact) mass is 411 g/mol. The number of carbonyl (C=O) groups is 2. The molecule has 158 valence electrons. The number of aryl methyl sites for hydroxylation is 1. The van der Waals surface area contributed by atoms with Gasteiger partial charge in [0.15, 0.2) is 0 Å². The first-order valence-electron chi connectivity index (χ1n) is 10.1. The van der Waals surface area contributed by atoms with Crippen LogP contribution in [0, 0.1) is 12.7 Å². The summed E-state index contributed by atoms with van der Waals surface area (Å²) in [5.41, 5.74) is 3.91. The summed E-state index contributed by atoms with van der Waals surface area (Å²) in [6.07, 6.45) is 0.329. The number of urea groups is 1. The Morgan fingerprint density at radius 2 is 1.90 bits per heavy atom. The number of rotatable bonds is 3. The fourth-order valence-corrected chi connectivity index (χ4v) is 4.06. The largest absolute Gasteiger partial charge is 0.373 e. The van der Waals surface area contributed by atoms with Crippen LogP contribution in [-0.4, -0.2) is 56.1 Å². The van der Waals surface area contributed by atoms with Gasteiger partial charge in [-0.25, -0.2) is 9.18 Å². The van der Waals surface area contributed by atoms with E-state index in [9.17, 15) is 14.0 Å². The summed E-state index contributed by atoms with van der Waals surface area (Å²) in [5, 5.41) is 8.76. The number of nitrogens with zero attached hydrogens (tertiary/aromatic N) is 2. The number of fused-ring (bicyclic) bond motifs is 1. The van der Waals surface area contributed by atoms with Crippen LogP contribution in [0.2, 0.25) is 0 Å². The Labute approximate surface area is 175 Å². The van der Waals surface area contributed by atoms with E-state index in [0.29, 0.717) is 30.8 Å². The van der Waals surface area contributed by atoms with Gasteiger partial charge in [-0.3, -0.25) is 4.79 Å². The molecule has 0 spiro atoms. The smallest absolute Gasteiger partial charge is 0.317 e. The van der Waals surface area contributed by atoms with Crippen molar-refractivity contribution in [3.63, 3.8) is 0 Å². The summed E-state index contributed by atoms with van der Waals surface area (Å²) in [4.78, 5) is 28.5. The maximum atomic E-state index is 14.1. The van der Waals surface area contributed by atoms with E-state index in [-0.39, 0.29) is 17.8 Å². The number of benzene rings is 2. The first-order valence-corrected chi connectivity index (χ1v) is 10.1. The molecule has 4 rings (SSSR count). The van der Waals surface area contributed by atoms with E-state index in [0.717, 1.165) is 30.0 Å². The number of hydrogen-bond donors (Lipinski definition) is 3. The Kier molecular flexibility index (Phi) is 5.48. The van der Waals surface area contributed by atoms with E-state index >= 15 is 0 Å². The van der Waals surface area contributed by atoms with Crippen LogP contribution in [0.5, 0.6) is 0 Å². The molecule has 2 heterocycles. The van der Waals surface area contributed by atoms with Crippen LogP contribution in [0.1, 0.15) is 11.1 Å². The highest BCUT2D eigenvalue weighted by Crippen LogP contribution is 2.32. The minimum atomic E-state index is -0.504. The highest BCUT2D eigenvalue weighted by Gasteiger charge is 2.30. The molecule has 2 aliphatic rings. The molecule has 0 aliphatic carbocycles. The van der Waals surface area contributed by atoms with Gasteiger partial charge in [0.25, 0.3) is 0 Å². The van der Waals surface area contributed by atoms with E-state index in [1.54, 1.807) is 18.0 Å². The number of anilines is 3. The molecule has 0 saturated carbocycles. The molecule has 2 aliphatic heterocycles. The maximum absolute atomic E-state index is 14.1. The Bertz CT molecular complexity index is 941. The van der Waals surface area contributed by atoms with Gasteiger partial charge in [-0.1, -0.05) is 12.1 Å². The van der Waals surface area contributed by atoms with Crippen LogP contribution in [0.3, 0.4) is 0 Å². The molecule has 8 heteroatoms. The van der Waals surface area contributed by atoms with Crippen molar-refractivity contribution in [3.8, 4) is 0 Å². The van der Waals surface area contributed by atoms with E-state index in [1.807, 2.05) is 31.2 Å². The third kappa shape index (κ3) is 3.90. The zero-order valence-corrected chi connectivity index (χ0v) is 17.2. The van der Waals surface area contributed by atoms with Gasteiger partial charge < -0.3 is 25.8 Å². The second-order valence-electron chi connectivity index (χ2n) is 7.69. The number of amides is 3. The van der Waals surface area contributed by atoms with Crippen LogP contribution in [0.15, 0.2) is 36.4 Å². The van der Waals surface area contributed by atoms with Crippen molar-refractivity contribution in [3.05, 3.63) is 53.3 Å². The van der Waals surface area contributed by atoms with Gasteiger partial charge in [0.1, 0.15) is 11.9 Å². The zero-order chi connectivity index (χ0) is 21.3. The number of carbonyl (C=O) groups excluding carboxylic acids is 2. The highest BCUT2D eigenvalue weighted by atomic mass is 19.1. The van der Waals surface area contributed by atoms with Crippen LogP contribution in [0.4, 0.5) is 26.2 Å². The molecular formula is C22H26FN5O2. The van der Waals surface area contributed by atoms with Gasteiger partial charge in [0.2, 0.25) is 5.91 Å². The summed E-state index contributed by atoms with van der Waals surface area (Å²) < 4.78 is 14.1. The van der Waals surface area contributed by atoms with Crippen LogP contribution >= 0.6 is 0 Å². The fourth-order valence-electron chi connectivity index (χ4n) is 4.06. The first-order chi connectivity index (χ1) is 14.5. The molecule has 1 fully saturated rings. The number of nitrogens with one attached hydrogen (secondary N) is 3. The number of piperazine rings is 1. The number of hydrogen-bond acceptors (Lipinski definition) is 4. The molecule has 1 saturated heterocycles. The van der Waals surface area contributed by atoms with Crippen molar-refractivity contribution in [2.45, 2.75) is 19.4 Å². The number of halogens is 1. The normalized spacial score (nSPS) is 17.9. The van der Waals surface area contributed by atoms with Gasteiger partial charge >= 0.3 is 6.03 Å². The molecule has 2 aromatic carbocycles. The highest BCUT2D eigenvalue weighted by molar-refractivity contribution is 5.98. The Morgan fingerprint density at radius 3 is 2.60 bits per heavy atom. The minimum absolute atomic E-state index is 0.0626. The van der Waals surface area contributed by atoms with Crippen molar-refractivity contribution < 1.29 is 14.0 Å². The predicted molar refractivity (Wildman–Crippen MR) is 116 cm³/mol. The molecule has 0 radical (unpaired) electrons. The topological polar surface area (TPSA) is 76.7 Å². The summed E-state index contributed by atoms with van der Waals surface area (Å²) in [7, 11) is 1.63. The van der Waals surface area contributed by atoms with E-state index in [1.165, 1.54) is 6.07 Å². The second-order valence-corrected chi connectivity index (χ2v) is 7.69. The van der Waals surface area contributed by atoms with E-state index < -0.39 is 6.04 Å². The third-order valence-electron chi connectivity index (χ3n) is 5.77. The quantitative estimate of drug-likeness (QED) is 0.726. The Hall–Kier alpha value is -3.29. The van der Waals surface area contributed by atoms with Gasteiger partial charge in [-0.15, -0.1) is 0 Å². The summed E-state index contributed by atoms with van der Waals surface area (Å²) in [5.74, 6) is -0.470. The lowest BCUT2D eigenvalue weighted by atomic mass is 10.1. The summed E-state index contributed by atoms with van der Waals surface area (Å²) in [6.45, 7) is 4.64. The van der Waals surface area contributed by atoms with Crippen LogP contribution in [-0.2, 0) is 11.2 Å². The van der Waals surface area contributed by atoms with Crippen molar-refractivity contribution in [2.24, 2.45) is 0 Å². The lowest BCUT2D eigenvalue weighted by Gasteiger charge is -2.36. The van der Waals surface area contributed by atoms with Crippen molar-refractivity contribution in [1.82, 2.24) is 10.2 Å². The van der Waals surface area contributed by atoms with Crippen molar-refractivity contribution in [1.29, 1.82) is 0 Å². The molecule has 3 N–H and O–H groups in total. The van der Waals surface area contributed by atoms with E-state index in [4.69, 9.17) is 0 Å². The molecule has 1 atom stereocenters. The Morgan fingerprint density at radius 1 is 1.13 bits per heavy atom. The molecule has 0 aromatic heterocycles. The zero-order valence-electron chi connectivity index (χ0n) is 17.2. The Balaban J connectivity index is 1.39. The molecule has 2 aromatic rings. The lowest BCUT2D eigenvalue weighted by molar-refractivity contribution is -0.116. The molecule has 0 bridgehead atoms. The summed E-state index contributed by atoms with van der Waals surface area (Å²) >= 11 is 0. The summed E-state index contributed by atoms with van der Waals surface area (Å²) in [6, 6.07) is 10.3. The van der Waals surface area contributed by atoms with Gasteiger partial charge in [0, 0.05) is 62.3 Å². The van der Waals surface area contributed by atoms with Crippen LogP contribution < -0.4 is 20.9 Å². The van der Waals surface area contributed by atoms with Crippen molar-refractivity contribution >= 4 is 29.0 Å². The third-order valence-corrected chi connectivity index (χ3v) is 5.77. The molecule has 1 unspecified atom stereocenters. The van der Waals surface area contributed by atoms with Gasteiger partial charge in [-0.05, 0) is 36.8 Å².